The van der Waals surface area contributed by atoms with Gasteiger partial charge in [-0.15, -0.1) is 0 Å². The summed E-state index contributed by atoms with van der Waals surface area (Å²) in [4.78, 5) is 0. The van der Waals surface area contributed by atoms with Crippen molar-refractivity contribution in [2.75, 3.05) is 0 Å². The molecule has 4 heteroatoms. The van der Waals surface area contributed by atoms with Gasteiger partial charge in [0.15, 0.2) is 0 Å². The number of rotatable bonds is 1. The van der Waals surface area contributed by atoms with Crippen LogP contribution in [0, 0.1) is 23.7 Å². The largest absolute Gasteiger partial charge is 0.390 e. The number of hydrogen-bond donors (Lipinski definition) is 3. The van der Waals surface area contributed by atoms with Gasteiger partial charge in [-0.2, -0.15) is 0 Å². The van der Waals surface area contributed by atoms with E-state index in [1.54, 1.807) is 6.92 Å². The Bertz CT molecular complexity index is 536. The summed E-state index contributed by atoms with van der Waals surface area (Å²) in [5, 5.41) is 32.1. The van der Waals surface area contributed by atoms with Crippen molar-refractivity contribution < 1.29 is 20.1 Å². The molecule has 4 nitrogen and oxygen atoms in total. The first kappa shape index (κ1) is 18.1. The topological polar surface area (TPSA) is 69.9 Å². The van der Waals surface area contributed by atoms with Gasteiger partial charge in [0, 0.05) is 18.3 Å². The van der Waals surface area contributed by atoms with Crippen LogP contribution in [-0.4, -0.2) is 45.3 Å². The van der Waals surface area contributed by atoms with Crippen LogP contribution in [0.25, 0.3) is 0 Å². The van der Waals surface area contributed by atoms with Gasteiger partial charge in [-0.3, -0.25) is 0 Å². The van der Waals surface area contributed by atoms with Crippen LogP contribution >= 0.6 is 0 Å². The molecule has 24 heavy (non-hydrogen) atoms. The molecule has 0 saturated carbocycles. The van der Waals surface area contributed by atoms with Crippen molar-refractivity contribution in [3.8, 4) is 0 Å². The minimum Gasteiger partial charge on any atom is -0.390 e. The van der Waals surface area contributed by atoms with Gasteiger partial charge in [0.25, 0.3) is 0 Å². The second kappa shape index (κ2) is 6.24. The zero-order valence-corrected chi connectivity index (χ0v) is 15.3. The van der Waals surface area contributed by atoms with Crippen LogP contribution in [0.2, 0.25) is 0 Å². The number of fused-ring (bicyclic) bond motifs is 5. The predicted molar refractivity (Wildman–Crippen MR) is 93.4 cm³/mol. The fourth-order valence-corrected chi connectivity index (χ4v) is 5.12. The summed E-state index contributed by atoms with van der Waals surface area (Å²) in [5.41, 5.74) is 0.613. The second-order valence-corrected chi connectivity index (χ2v) is 8.65. The highest BCUT2D eigenvalue weighted by Gasteiger charge is 2.58. The highest BCUT2D eigenvalue weighted by Crippen LogP contribution is 2.53. The lowest BCUT2D eigenvalue weighted by Gasteiger charge is -2.44. The molecule has 3 N–H and O–H groups in total. The van der Waals surface area contributed by atoms with E-state index in [0.717, 1.165) is 6.42 Å². The van der Waals surface area contributed by atoms with Crippen LogP contribution < -0.4 is 0 Å². The minimum atomic E-state index is -1.38. The monoisotopic (exact) mass is 336 g/mol. The normalized spacial score (nSPS) is 49.2. The van der Waals surface area contributed by atoms with E-state index in [4.69, 9.17) is 4.74 Å². The van der Waals surface area contributed by atoms with Crippen molar-refractivity contribution >= 4 is 0 Å². The summed E-state index contributed by atoms with van der Waals surface area (Å²) in [7, 11) is 0. The van der Waals surface area contributed by atoms with E-state index < -0.39 is 23.9 Å². The maximum absolute atomic E-state index is 11.2. The first-order chi connectivity index (χ1) is 11.1. The number of hydrogen-bond acceptors (Lipinski definition) is 4. The van der Waals surface area contributed by atoms with Crippen LogP contribution in [0.4, 0.5) is 0 Å². The van der Waals surface area contributed by atoms with Crippen molar-refractivity contribution in [1.29, 1.82) is 0 Å². The molecule has 2 aliphatic heterocycles. The maximum atomic E-state index is 11.2. The molecular weight excluding hydrogens is 304 g/mol. The molecule has 0 radical (unpaired) electrons. The molecule has 0 unspecified atom stereocenters. The Labute approximate surface area is 145 Å². The van der Waals surface area contributed by atoms with Gasteiger partial charge in [-0.25, -0.2) is 0 Å². The SMILES string of the molecule is C=C1C[C@H]2O[C@H]([C@H]3[C@@H]2C(C)=CC[C@@H]3C(C)C)[C@](C)(O)[C@@H](O)C[C@@H]1O. The Hall–Kier alpha value is -0.680. The quantitative estimate of drug-likeness (QED) is 0.643. The zero-order chi connectivity index (χ0) is 17.8. The lowest BCUT2D eigenvalue weighted by Crippen LogP contribution is -2.55. The van der Waals surface area contributed by atoms with E-state index in [1.807, 2.05) is 0 Å². The molecule has 2 bridgehead atoms. The van der Waals surface area contributed by atoms with Gasteiger partial charge in [0.05, 0.1) is 24.4 Å². The molecule has 2 fully saturated rings. The molecule has 0 spiro atoms. The number of aliphatic hydroxyl groups excluding tert-OH is 2. The summed E-state index contributed by atoms with van der Waals surface area (Å²) < 4.78 is 6.36. The van der Waals surface area contributed by atoms with E-state index >= 15 is 0 Å². The van der Waals surface area contributed by atoms with Crippen LogP contribution in [0.3, 0.4) is 0 Å². The number of ether oxygens (including phenoxy) is 1. The van der Waals surface area contributed by atoms with Crippen molar-refractivity contribution in [3.05, 3.63) is 23.8 Å². The van der Waals surface area contributed by atoms with E-state index in [-0.39, 0.29) is 24.4 Å². The molecule has 2 heterocycles. The first-order valence-electron chi connectivity index (χ1n) is 9.22. The molecule has 2 saturated heterocycles. The number of allylic oxidation sites excluding steroid dienone is 1. The van der Waals surface area contributed by atoms with Crippen molar-refractivity contribution in [1.82, 2.24) is 0 Å². The van der Waals surface area contributed by atoms with Crippen LogP contribution in [-0.2, 0) is 4.74 Å². The van der Waals surface area contributed by atoms with E-state index in [0.29, 0.717) is 23.8 Å². The van der Waals surface area contributed by atoms with Crippen molar-refractivity contribution in [3.63, 3.8) is 0 Å². The molecule has 8 atom stereocenters. The third-order valence-corrected chi connectivity index (χ3v) is 6.71. The van der Waals surface area contributed by atoms with Crippen molar-refractivity contribution in [2.24, 2.45) is 23.7 Å². The van der Waals surface area contributed by atoms with Gasteiger partial charge in [-0.1, -0.05) is 32.1 Å². The van der Waals surface area contributed by atoms with Crippen LogP contribution in [0.1, 0.15) is 47.0 Å². The Balaban J connectivity index is 2.06. The molecular formula is C20H32O4. The zero-order valence-electron chi connectivity index (χ0n) is 15.3. The van der Waals surface area contributed by atoms with E-state index in [1.165, 1.54) is 5.57 Å². The Morgan fingerprint density at radius 1 is 1.33 bits per heavy atom. The molecule has 1 aliphatic carbocycles. The summed E-state index contributed by atoms with van der Waals surface area (Å²) in [6.45, 7) is 12.3. The maximum Gasteiger partial charge on any atom is 0.114 e. The van der Waals surface area contributed by atoms with E-state index in [9.17, 15) is 15.3 Å². The molecule has 0 aromatic rings. The lowest BCUT2D eigenvalue weighted by atomic mass is 9.62. The van der Waals surface area contributed by atoms with Crippen LogP contribution in [0.5, 0.6) is 0 Å². The van der Waals surface area contributed by atoms with Gasteiger partial charge in [-0.05, 0) is 44.1 Å². The first-order valence-corrected chi connectivity index (χ1v) is 9.22. The summed E-state index contributed by atoms with van der Waals surface area (Å²) >= 11 is 0. The van der Waals surface area contributed by atoms with E-state index in [2.05, 4.69) is 33.4 Å². The second-order valence-electron chi connectivity index (χ2n) is 8.65. The average molecular weight is 336 g/mol. The highest BCUT2D eigenvalue weighted by molar-refractivity contribution is 5.22. The van der Waals surface area contributed by atoms with Crippen LogP contribution in [0.15, 0.2) is 23.8 Å². The van der Waals surface area contributed by atoms with Gasteiger partial charge < -0.3 is 20.1 Å². The standard InChI is InChI=1S/C20H32O4/c1-10(2)13-7-6-11(3)17-15-8-12(4)14(21)9-16(22)20(5,23)19(24-15)18(13)17/h6,10,13-19,21-23H,4,7-9H2,1-3,5H3/t13-,14+,15-,16+,17-,18-,19-,20-/m1/s1. The summed E-state index contributed by atoms with van der Waals surface area (Å²) in [6.07, 6.45) is 1.64. The van der Waals surface area contributed by atoms with Gasteiger partial charge >= 0.3 is 0 Å². The minimum absolute atomic E-state index is 0.0864. The highest BCUT2D eigenvalue weighted by atomic mass is 16.5. The molecule has 0 aromatic heterocycles. The Morgan fingerprint density at radius 3 is 2.62 bits per heavy atom. The smallest absolute Gasteiger partial charge is 0.114 e. The summed E-state index contributed by atoms with van der Waals surface area (Å²) in [6, 6.07) is 0. The average Bonchev–Trinajstić information content (AvgIpc) is 2.87. The lowest BCUT2D eigenvalue weighted by molar-refractivity contribution is -0.167. The molecule has 3 aliphatic rings. The predicted octanol–water partition coefficient (Wildman–Crippen LogP) is 2.43. The Kier molecular flexibility index (Phi) is 4.71. The number of aliphatic hydroxyl groups is 3. The molecule has 136 valence electrons. The third-order valence-electron chi connectivity index (χ3n) is 6.71. The Morgan fingerprint density at radius 2 is 2.00 bits per heavy atom. The molecule has 0 amide bonds. The molecule has 3 rings (SSSR count). The fraction of sp³-hybridized carbons (Fsp3) is 0.800. The fourth-order valence-electron chi connectivity index (χ4n) is 5.12. The summed E-state index contributed by atoms with van der Waals surface area (Å²) in [5.74, 6) is 1.31. The molecule has 0 aromatic carbocycles. The third kappa shape index (κ3) is 2.78. The van der Waals surface area contributed by atoms with Gasteiger partial charge in [0.1, 0.15) is 5.60 Å². The van der Waals surface area contributed by atoms with Crippen molar-refractivity contribution in [2.45, 2.75) is 77.0 Å². The van der Waals surface area contributed by atoms with Gasteiger partial charge in [0.2, 0.25) is 0 Å².